The Morgan fingerprint density at radius 2 is 1.94 bits per heavy atom. The molecular weight excluding hydrogens is 216 g/mol. The lowest BCUT2D eigenvalue weighted by Gasteiger charge is -2.13. The Balaban J connectivity index is 4.18. The maximum atomic E-state index is 11.5. The fourth-order valence-corrected chi connectivity index (χ4v) is 2.01. The molecule has 1 N–H and O–H groups in total. The summed E-state index contributed by atoms with van der Waals surface area (Å²) in [6, 6.07) is 0. The van der Waals surface area contributed by atoms with Gasteiger partial charge in [0, 0.05) is 0 Å². The number of rotatable bonds is 7. The Bertz CT molecular complexity index is 256. The van der Waals surface area contributed by atoms with Gasteiger partial charge >= 0.3 is 5.97 Å². The molecule has 0 aliphatic carbocycles. The predicted molar refractivity (Wildman–Crippen MR) is 69.6 cm³/mol. The zero-order valence-corrected chi connectivity index (χ0v) is 11.7. The maximum absolute atomic E-state index is 11.5. The van der Waals surface area contributed by atoms with E-state index in [1.807, 2.05) is 20.8 Å². The molecule has 0 radical (unpaired) electrons. The van der Waals surface area contributed by atoms with Crippen LogP contribution in [0.3, 0.4) is 0 Å². The van der Waals surface area contributed by atoms with E-state index in [9.17, 15) is 9.90 Å². The summed E-state index contributed by atoms with van der Waals surface area (Å²) in [6.07, 6.45) is 3.33. The van der Waals surface area contributed by atoms with Crippen LogP contribution in [-0.2, 0) is 9.53 Å². The summed E-state index contributed by atoms with van der Waals surface area (Å²) in [5.41, 5.74) is 1.18. The van der Waals surface area contributed by atoms with Gasteiger partial charge in [0.05, 0.1) is 18.6 Å². The summed E-state index contributed by atoms with van der Waals surface area (Å²) in [4.78, 5) is 11.5. The number of aliphatic hydroxyl groups excluding tert-OH is 1. The van der Waals surface area contributed by atoms with E-state index in [2.05, 4.69) is 13.0 Å². The Kier molecular flexibility index (Phi) is 7.88. The molecule has 0 aromatic heterocycles. The van der Waals surface area contributed by atoms with Crippen LogP contribution >= 0.6 is 0 Å². The summed E-state index contributed by atoms with van der Waals surface area (Å²) >= 11 is 0. The van der Waals surface area contributed by atoms with Crippen molar-refractivity contribution in [2.75, 3.05) is 6.61 Å². The zero-order valence-electron chi connectivity index (χ0n) is 11.7. The van der Waals surface area contributed by atoms with Crippen molar-refractivity contribution >= 4 is 5.97 Å². The first-order valence-corrected chi connectivity index (χ1v) is 6.38. The fourth-order valence-electron chi connectivity index (χ4n) is 2.01. The molecule has 0 saturated carbocycles. The predicted octanol–water partition coefficient (Wildman–Crippen LogP) is 2.93. The highest BCUT2D eigenvalue weighted by molar-refractivity contribution is 5.72. The minimum absolute atomic E-state index is 0.0926. The van der Waals surface area contributed by atoms with Crippen molar-refractivity contribution in [3.8, 4) is 0 Å². The van der Waals surface area contributed by atoms with Gasteiger partial charge in [-0.05, 0) is 39.5 Å². The van der Waals surface area contributed by atoms with Crippen LogP contribution < -0.4 is 0 Å². The molecule has 0 fully saturated rings. The normalized spacial score (nSPS) is 17.4. The zero-order chi connectivity index (χ0) is 13.4. The Hall–Kier alpha value is -0.830. The van der Waals surface area contributed by atoms with Crippen LogP contribution in [0.2, 0.25) is 0 Å². The number of hydrogen-bond donors (Lipinski definition) is 1. The maximum Gasteiger partial charge on any atom is 0.308 e. The van der Waals surface area contributed by atoms with Crippen molar-refractivity contribution in [1.29, 1.82) is 0 Å². The van der Waals surface area contributed by atoms with Crippen LogP contribution in [0.4, 0.5) is 0 Å². The molecule has 0 aromatic carbocycles. The van der Waals surface area contributed by atoms with Crippen LogP contribution in [0.5, 0.6) is 0 Å². The Morgan fingerprint density at radius 1 is 1.35 bits per heavy atom. The van der Waals surface area contributed by atoms with E-state index in [0.29, 0.717) is 12.5 Å². The van der Waals surface area contributed by atoms with Gasteiger partial charge in [0.2, 0.25) is 0 Å². The van der Waals surface area contributed by atoms with Crippen LogP contribution in [0.25, 0.3) is 0 Å². The molecule has 17 heavy (non-hydrogen) atoms. The van der Waals surface area contributed by atoms with Crippen LogP contribution in [0, 0.1) is 11.8 Å². The van der Waals surface area contributed by atoms with Crippen molar-refractivity contribution in [2.24, 2.45) is 11.8 Å². The topological polar surface area (TPSA) is 46.5 Å². The van der Waals surface area contributed by atoms with E-state index in [4.69, 9.17) is 4.74 Å². The molecule has 0 unspecified atom stereocenters. The standard InChI is InChI=1S/C14H26O3/c1-6-17-14(16)12(4)8-10(2)7-11(3)9-13(5)15/h7,11-13,15H,6,8-9H2,1-5H3/b10-7+/t11-,12-,13+/m0/s1. The molecule has 0 spiro atoms. The van der Waals surface area contributed by atoms with Gasteiger partial charge in [-0.2, -0.15) is 0 Å². The summed E-state index contributed by atoms with van der Waals surface area (Å²) < 4.78 is 4.97. The Morgan fingerprint density at radius 3 is 2.41 bits per heavy atom. The minimum Gasteiger partial charge on any atom is -0.466 e. The molecule has 3 atom stereocenters. The van der Waals surface area contributed by atoms with E-state index < -0.39 is 0 Å². The number of ether oxygens (including phenoxy) is 1. The van der Waals surface area contributed by atoms with Crippen molar-refractivity contribution < 1.29 is 14.6 Å². The summed E-state index contributed by atoms with van der Waals surface area (Å²) in [7, 11) is 0. The van der Waals surface area contributed by atoms with Crippen molar-refractivity contribution in [3.63, 3.8) is 0 Å². The lowest BCUT2D eigenvalue weighted by Crippen LogP contribution is -2.15. The first kappa shape index (κ1) is 16.2. The van der Waals surface area contributed by atoms with E-state index >= 15 is 0 Å². The van der Waals surface area contributed by atoms with Gasteiger partial charge in [-0.1, -0.05) is 25.5 Å². The lowest BCUT2D eigenvalue weighted by atomic mass is 9.96. The molecule has 3 nitrogen and oxygen atoms in total. The number of carbonyl (C=O) groups excluding carboxylic acids is 1. The summed E-state index contributed by atoms with van der Waals surface area (Å²) in [5, 5.41) is 9.27. The number of carbonyl (C=O) groups is 1. The average molecular weight is 242 g/mol. The van der Waals surface area contributed by atoms with Crippen molar-refractivity contribution in [3.05, 3.63) is 11.6 Å². The number of aliphatic hydroxyl groups is 1. The van der Waals surface area contributed by atoms with E-state index in [-0.39, 0.29) is 18.0 Å². The molecule has 0 heterocycles. The second-order valence-electron chi connectivity index (χ2n) is 4.93. The highest BCUT2D eigenvalue weighted by Crippen LogP contribution is 2.17. The van der Waals surface area contributed by atoms with Crippen LogP contribution in [0.15, 0.2) is 11.6 Å². The van der Waals surface area contributed by atoms with Gasteiger partial charge in [-0.15, -0.1) is 0 Å². The Labute approximate surface area is 105 Å². The quantitative estimate of drug-likeness (QED) is 0.551. The third-order valence-electron chi connectivity index (χ3n) is 2.60. The minimum atomic E-state index is -0.281. The van der Waals surface area contributed by atoms with Gasteiger partial charge in [0.1, 0.15) is 0 Å². The van der Waals surface area contributed by atoms with E-state index in [0.717, 1.165) is 12.8 Å². The highest BCUT2D eigenvalue weighted by atomic mass is 16.5. The third kappa shape index (κ3) is 7.97. The van der Waals surface area contributed by atoms with Crippen molar-refractivity contribution in [2.45, 2.75) is 53.6 Å². The summed E-state index contributed by atoms with van der Waals surface area (Å²) in [5.74, 6) is 0.109. The largest absolute Gasteiger partial charge is 0.466 e. The SMILES string of the molecule is CCOC(=O)[C@@H](C)C/C(C)=C/[C@H](C)C[C@@H](C)O. The van der Waals surface area contributed by atoms with Crippen molar-refractivity contribution in [1.82, 2.24) is 0 Å². The van der Waals surface area contributed by atoms with Gasteiger partial charge in [0.25, 0.3) is 0 Å². The molecule has 100 valence electrons. The van der Waals surface area contributed by atoms with Crippen LogP contribution in [0.1, 0.15) is 47.5 Å². The second kappa shape index (κ2) is 8.29. The first-order chi connectivity index (χ1) is 7.86. The fraction of sp³-hybridized carbons (Fsp3) is 0.786. The highest BCUT2D eigenvalue weighted by Gasteiger charge is 2.14. The van der Waals surface area contributed by atoms with Gasteiger partial charge in [0.15, 0.2) is 0 Å². The smallest absolute Gasteiger partial charge is 0.308 e. The molecule has 0 amide bonds. The molecule has 3 heteroatoms. The molecule has 0 aromatic rings. The lowest BCUT2D eigenvalue weighted by molar-refractivity contribution is -0.147. The molecular formula is C14H26O3. The first-order valence-electron chi connectivity index (χ1n) is 6.38. The molecule has 0 bridgehead atoms. The van der Waals surface area contributed by atoms with E-state index in [1.165, 1.54) is 5.57 Å². The van der Waals surface area contributed by atoms with Gasteiger partial charge in [-0.25, -0.2) is 0 Å². The monoisotopic (exact) mass is 242 g/mol. The summed E-state index contributed by atoms with van der Waals surface area (Å²) in [6.45, 7) is 10.0. The average Bonchev–Trinajstić information content (AvgIpc) is 2.15. The van der Waals surface area contributed by atoms with Gasteiger partial charge < -0.3 is 9.84 Å². The third-order valence-corrected chi connectivity index (χ3v) is 2.60. The second-order valence-corrected chi connectivity index (χ2v) is 4.93. The number of esters is 1. The molecule has 0 rings (SSSR count). The molecule has 0 aliphatic heterocycles. The number of hydrogen-bond acceptors (Lipinski definition) is 3. The van der Waals surface area contributed by atoms with E-state index in [1.54, 1.807) is 6.92 Å². The molecule has 0 aliphatic rings. The number of allylic oxidation sites excluding steroid dienone is 2. The van der Waals surface area contributed by atoms with Gasteiger partial charge in [-0.3, -0.25) is 4.79 Å². The van der Waals surface area contributed by atoms with Crippen LogP contribution in [-0.4, -0.2) is 23.8 Å². The molecule has 0 saturated heterocycles.